The molecule has 0 atom stereocenters. The third kappa shape index (κ3) is 4.73. The molecule has 1 N–H and O–H groups in total. The second-order valence-corrected chi connectivity index (χ2v) is 2.12. The molecule has 0 rings (SSSR count). The second-order valence-electron chi connectivity index (χ2n) is 2.12. The van der Waals surface area contributed by atoms with Crippen LogP contribution >= 0.6 is 0 Å². The lowest BCUT2D eigenvalue weighted by Crippen LogP contribution is -2.30. The van der Waals surface area contributed by atoms with Crippen molar-refractivity contribution < 1.29 is 9.59 Å². The van der Waals surface area contributed by atoms with Crippen molar-refractivity contribution in [1.29, 1.82) is 0 Å². The van der Waals surface area contributed by atoms with Crippen molar-refractivity contribution in [1.82, 2.24) is 10.2 Å². The molecule has 0 spiro atoms. The molecule has 13 heavy (non-hydrogen) atoms. The Labute approximate surface area is 77.1 Å². The molecule has 5 nitrogen and oxygen atoms in total. The summed E-state index contributed by atoms with van der Waals surface area (Å²) >= 11 is 0. The molecule has 3 amide bonds. The highest BCUT2D eigenvalue weighted by molar-refractivity contribution is 5.83. The molecular formula is C8H13N3O2. The van der Waals surface area contributed by atoms with E-state index in [1.54, 1.807) is 6.92 Å². The van der Waals surface area contributed by atoms with Gasteiger partial charge in [-0.3, -0.25) is 9.69 Å². The number of aliphatic imine (C=N–C) groups is 1. The van der Waals surface area contributed by atoms with E-state index in [-0.39, 0.29) is 6.03 Å². The molecule has 0 saturated carbocycles. The molecule has 0 aliphatic carbocycles. The Bertz CT molecular complexity index is 213. The first-order chi connectivity index (χ1) is 6.26. The Morgan fingerprint density at radius 2 is 2.38 bits per heavy atom. The van der Waals surface area contributed by atoms with Crippen LogP contribution in [0.15, 0.2) is 17.8 Å². The normalized spacial score (nSPS) is 9.62. The van der Waals surface area contributed by atoms with Gasteiger partial charge in [-0.25, -0.2) is 9.79 Å². The van der Waals surface area contributed by atoms with Crippen LogP contribution in [0.5, 0.6) is 0 Å². The van der Waals surface area contributed by atoms with E-state index in [9.17, 15) is 9.59 Å². The zero-order chi connectivity index (χ0) is 10.1. The van der Waals surface area contributed by atoms with E-state index >= 15 is 0 Å². The van der Waals surface area contributed by atoms with Gasteiger partial charge in [-0.1, -0.05) is 6.58 Å². The van der Waals surface area contributed by atoms with Gasteiger partial charge >= 0.3 is 6.03 Å². The van der Waals surface area contributed by atoms with Crippen LogP contribution in [0.2, 0.25) is 0 Å². The van der Waals surface area contributed by atoms with Gasteiger partial charge in [0.1, 0.15) is 0 Å². The van der Waals surface area contributed by atoms with Crippen molar-refractivity contribution in [3.8, 4) is 0 Å². The lowest BCUT2D eigenvalue weighted by molar-refractivity contribution is -0.109. The third-order valence-corrected chi connectivity index (χ3v) is 1.29. The number of nitrogens with one attached hydrogen (secondary N) is 1. The highest BCUT2D eigenvalue weighted by atomic mass is 16.2. The molecule has 5 heteroatoms. The standard InChI is InChI=1S/C8H13N3O2/c1-3-10-8(13)11(4-2)6-5-9-7-12/h3-4,7H,2,5-6H2,1H3,(H,9,12). The number of amides is 3. The molecule has 0 bridgehead atoms. The van der Waals surface area contributed by atoms with Crippen molar-refractivity contribution in [2.75, 3.05) is 13.1 Å². The molecule has 0 aliphatic heterocycles. The first-order valence-corrected chi connectivity index (χ1v) is 3.85. The fraction of sp³-hybridized carbons (Fsp3) is 0.375. The summed E-state index contributed by atoms with van der Waals surface area (Å²) < 4.78 is 0. The smallest absolute Gasteiger partial charge is 0.347 e. The van der Waals surface area contributed by atoms with Crippen molar-refractivity contribution in [3.05, 3.63) is 12.8 Å². The van der Waals surface area contributed by atoms with Gasteiger partial charge in [-0.05, 0) is 6.92 Å². The zero-order valence-electron chi connectivity index (χ0n) is 7.56. The Kier molecular flexibility index (Phi) is 6.13. The molecule has 0 aliphatic rings. The minimum Gasteiger partial charge on any atom is -0.357 e. The number of carbonyl (C=O) groups is 2. The average Bonchev–Trinajstić information content (AvgIpc) is 2.13. The van der Waals surface area contributed by atoms with Crippen LogP contribution < -0.4 is 5.32 Å². The highest BCUT2D eigenvalue weighted by Gasteiger charge is 2.05. The van der Waals surface area contributed by atoms with E-state index in [0.29, 0.717) is 19.5 Å². The fourth-order valence-corrected chi connectivity index (χ4v) is 0.694. The second kappa shape index (κ2) is 7.02. The zero-order valence-corrected chi connectivity index (χ0v) is 7.56. The van der Waals surface area contributed by atoms with Gasteiger partial charge in [-0.15, -0.1) is 0 Å². The molecule has 0 heterocycles. The summed E-state index contributed by atoms with van der Waals surface area (Å²) in [6.45, 7) is 5.88. The summed E-state index contributed by atoms with van der Waals surface area (Å²) in [5.41, 5.74) is 0. The largest absolute Gasteiger partial charge is 0.357 e. The molecule has 0 fully saturated rings. The summed E-state index contributed by atoms with van der Waals surface area (Å²) in [7, 11) is 0. The number of carbonyl (C=O) groups excluding carboxylic acids is 2. The topological polar surface area (TPSA) is 61.8 Å². The fourth-order valence-electron chi connectivity index (χ4n) is 0.694. The Hall–Kier alpha value is -1.65. The van der Waals surface area contributed by atoms with Gasteiger partial charge in [0.05, 0.1) is 0 Å². The summed E-state index contributed by atoms with van der Waals surface area (Å²) in [4.78, 5) is 25.9. The maximum Gasteiger partial charge on any atom is 0.347 e. The predicted molar refractivity (Wildman–Crippen MR) is 50.5 cm³/mol. The van der Waals surface area contributed by atoms with Crippen molar-refractivity contribution in [3.63, 3.8) is 0 Å². The number of nitrogens with zero attached hydrogens (tertiary/aromatic N) is 2. The van der Waals surface area contributed by atoms with Gasteiger partial charge in [-0.2, -0.15) is 0 Å². The molecular weight excluding hydrogens is 170 g/mol. The van der Waals surface area contributed by atoms with Crippen LogP contribution in [-0.2, 0) is 4.79 Å². The van der Waals surface area contributed by atoms with Crippen LogP contribution in [0.25, 0.3) is 0 Å². The van der Waals surface area contributed by atoms with Gasteiger partial charge in [0, 0.05) is 25.5 Å². The number of hydrogen-bond donors (Lipinski definition) is 1. The number of hydrogen-bond acceptors (Lipinski definition) is 2. The minimum atomic E-state index is -0.384. The molecule has 0 unspecified atom stereocenters. The Morgan fingerprint density at radius 1 is 1.69 bits per heavy atom. The molecule has 0 saturated heterocycles. The number of urea groups is 1. The summed E-state index contributed by atoms with van der Waals surface area (Å²) in [6.07, 6.45) is 3.36. The van der Waals surface area contributed by atoms with E-state index in [0.717, 1.165) is 0 Å². The van der Waals surface area contributed by atoms with Crippen LogP contribution in [-0.4, -0.2) is 36.6 Å². The van der Waals surface area contributed by atoms with Crippen molar-refractivity contribution in [2.45, 2.75) is 6.92 Å². The quantitative estimate of drug-likeness (QED) is 0.380. The monoisotopic (exact) mass is 183 g/mol. The minimum absolute atomic E-state index is 0.373. The van der Waals surface area contributed by atoms with Gasteiger partial charge in [0.2, 0.25) is 6.41 Å². The lowest BCUT2D eigenvalue weighted by atomic mass is 10.5. The van der Waals surface area contributed by atoms with Crippen LogP contribution in [0.3, 0.4) is 0 Å². The average molecular weight is 183 g/mol. The molecule has 72 valence electrons. The molecule has 0 aromatic heterocycles. The Balaban J connectivity index is 3.94. The maximum absolute atomic E-state index is 11.1. The number of rotatable bonds is 5. The van der Waals surface area contributed by atoms with Gasteiger partial charge in [0.15, 0.2) is 0 Å². The van der Waals surface area contributed by atoms with E-state index in [1.807, 2.05) is 0 Å². The van der Waals surface area contributed by atoms with Crippen molar-refractivity contribution in [2.24, 2.45) is 4.99 Å². The first kappa shape index (κ1) is 11.4. The van der Waals surface area contributed by atoms with Crippen LogP contribution in [0.1, 0.15) is 6.92 Å². The van der Waals surface area contributed by atoms with Gasteiger partial charge < -0.3 is 5.32 Å². The molecule has 0 aromatic carbocycles. The third-order valence-electron chi connectivity index (χ3n) is 1.29. The van der Waals surface area contributed by atoms with E-state index in [4.69, 9.17) is 0 Å². The lowest BCUT2D eigenvalue weighted by Gasteiger charge is -2.13. The SMILES string of the molecule is C=CN(CCNC=O)C(=O)N=CC. The summed E-state index contributed by atoms with van der Waals surface area (Å²) in [5.74, 6) is 0. The Morgan fingerprint density at radius 3 is 2.85 bits per heavy atom. The first-order valence-electron chi connectivity index (χ1n) is 3.85. The van der Waals surface area contributed by atoms with Crippen LogP contribution in [0, 0.1) is 0 Å². The summed E-state index contributed by atoms with van der Waals surface area (Å²) in [6, 6.07) is -0.384. The summed E-state index contributed by atoms with van der Waals surface area (Å²) in [5, 5.41) is 2.44. The van der Waals surface area contributed by atoms with Crippen molar-refractivity contribution >= 4 is 18.7 Å². The highest BCUT2D eigenvalue weighted by Crippen LogP contribution is 1.92. The van der Waals surface area contributed by atoms with E-state index in [1.165, 1.54) is 17.3 Å². The predicted octanol–water partition coefficient (Wildman–Crippen LogP) is 0.389. The van der Waals surface area contributed by atoms with Gasteiger partial charge in [0.25, 0.3) is 0 Å². The van der Waals surface area contributed by atoms with E-state index in [2.05, 4.69) is 16.9 Å². The maximum atomic E-state index is 11.1. The van der Waals surface area contributed by atoms with E-state index < -0.39 is 0 Å². The van der Waals surface area contributed by atoms with Crippen LogP contribution in [0.4, 0.5) is 4.79 Å². The molecule has 0 aromatic rings. The molecule has 0 radical (unpaired) electrons.